The second kappa shape index (κ2) is 6.99. The van der Waals surface area contributed by atoms with Gasteiger partial charge in [0.15, 0.2) is 11.6 Å². The van der Waals surface area contributed by atoms with Crippen molar-refractivity contribution >= 4 is 29.2 Å². The molecule has 5 heterocycles. The molecule has 11 heteroatoms. The molecule has 2 aromatic heterocycles. The summed E-state index contributed by atoms with van der Waals surface area (Å²) in [6, 6.07) is 1.33. The van der Waals surface area contributed by atoms with Crippen LogP contribution in [0.25, 0.3) is 0 Å². The summed E-state index contributed by atoms with van der Waals surface area (Å²) in [6.45, 7) is 1.72. The fourth-order valence-corrected chi connectivity index (χ4v) is 4.54. The summed E-state index contributed by atoms with van der Waals surface area (Å²) in [4.78, 5) is 30.6. The zero-order valence-electron chi connectivity index (χ0n) is 16.0. The minimum absolute atomic E-state index is 0.0495. The number of halogens is 3. The van der Waals surface area contributed by atoms with Crippen molar-refractivity contribution in [2.24, 2.45) is 0 Å². The number of nitrogens with one attached hydrogen (secondary N) is 1. The second-order valence-corrected chi connectivity index (χ2v) is 7.68. The van der Waals surface area contributed by atoms with E-state index in [0.29, 0.717) is 24.6 Å². The van der Waals surface area contributed by atoms with Gasteiger partial charge >= 0.3 is 12.2 Å². The zero-order valence-corrected chi connectivity index (χ0v) is 16.0. The highest BCUT2D eigenvalue weighted by molar-refractivity contribution is 6.04. The number of hydrogen-bond acceptors (Lipinski definition) is 6. The molecule has 1 unspecified atom stereocenters. The smallest absolute Gasteiger partial charge is 0.366 e. The van der Waals surface area contributed by atoms with E-state index in [0.717, 1.165) is 18.7 Å². The predicted octanol–water partition coefficient (Wildman–Crippen LogP) is 3.03. The molecule has 158 valence electrons. The van der Waals surface area contributed by atoms with Gasteiger partial charge in [-0.05, 0) is 31.4 Å². The van der Waals surface area contributed by atoms with Crippen molar-refractivity contribution in [1.82, 2.24) is 15.0 Å². The third-order valence-corrected chi connectivity index (χ3v) is 5.88. The summed E-state index contributed by atoms with van der Waals surface area (Å²) in [5.41, 5.74) is 0.754. The van der Waals surface area contributed by atoms with Gasteiger partial charge in [0.25, 0.3) is 0 Å². The summed E-state index contributed by atoms with van der Waals surface area (Å²) in [7, 11) is 0. The number of carbonyl (C=O) groups excluding carboxylic acids is 1. The van der Waals surface area contributed by atoms with Gasteiger partial charge in [0.05, 0.1) is 17.9 Å². The largest absolute Gasteiger partial charge is 0.408 e. The Labute approximate surface area is 170 Å². The maximum Gasteiger partial charge on any atom is 0.408 e. The van der Waals surface area contributed by atoms with E-state index >= 15 is 0 Å². The molecule has 2 atom stereocenters. The highest BCUT2D eigenvalue weighted by Gasteiger charge is 2.47. The van der Waals surface area contributed by atoms with Gasteiger partial charge in [-0.2, -0.15) is 13.2 Å². The molecule has 2 aromatic rings. The number of urea groups is 1. The van der Waals surface area contributed by atoms with Crippen molar-refractivity contribution in [1.29, 1.82) is 0 Å². The van der Waals surface area contributed by atoms with Gasteiger partial charge in [0.2, 0.25) is 0 Å². The van der Waals surface area contributed by atoms with Crippen LogP contribution >= 0.6 is 0 Å². The highest BCUT2D eigenvalue weighted by atomic mass is 19.4. The van der Waals surface area contributed by atoms with Crippen molar-refractivity contribution < 1.29 is 18.0 Å². The molecule has 2 amide bonds. The highest BCUT2D eigenvalue weighted by Crippen LogP contribution is 2.42. The Bertz CT molecular complexity index is 955. The molecular formula is C19H20F3N7O. The molecule has 0 aromatic carbocycles. The number of rotatable bonds is 2. The maximum absolute atomic E-state index is 13.5. The first-order valence-electron chi connectivity index (χ1n) is 9.87. The molecule has 0 radical (unpaired) electrons. The number of anilines is 4. The number of carbonyl (C=O) groups is 1. The number of alkyl halides is 3. The van der Waals surface area contributed by atoms with E-state index in [9.17, 15) is 18.0 Å². The zero-order chi connectivity index (χ0) is 20.9. The lowest BCUT2D eigenvalue weighted by Crippen LogP contribution is -2.49. The second-order valence-electron chi connectivity index (χ2n) is 7.68. The van der Waals surface area contributed by atoms with Crippen molar-refractivity contribution in [3.05, 3.63) is 30.7 Å². The van der Waals surface area contributed by atoms with Crippen LogP contribution < -0.4 is 20.0 Å². The Morgan fingerprint density at radius 2 is 2.03 bits per heavy atom. The third-order valence-electron chi connectivity index (χ3n) is 5.88. The lowest BCUT2D eigenvalue weighted by atomic mass is 10.2. The summed E-state index contributed by atoms with van der Waals surface area (Å²) in [5, 5.41) is 2.72. The SMILES string of the molecule is O=C(Nc1cnccn1)N1c2nc(N3CCCC3C(F)(F)F)ccc2N2CC[C@H]1C2. The Morgan fingerprint density at radius 1 is 1.17 bits per heavy atom. The summed E-state index contributed by atoms with van der Waals surface area (Å²) >= 11 is 0. The van der Waals surface area contributed by atoms with E-state index < -0.39 is 18.2 Å². The fourth-order valence-electron chi connectivity index (χ4n) is 4.54. The standard InChI is InChI=1S/C19H20F3N7O/c20-19(21,22)14-2-1-8-28(14)16-4-3-13-17(26-16)29(12-5-9-27(13)11-12)18(30)25-15-10-23-6-7-24-15/h3-4,6-7,10,12,14H,1-2,5,8-9,11H2,(H,24,25,30)/t12-,14?/m0/s1. The number of aromatic nitrogens is 3. The lowest BCUT2D eigenvalue weighted by molar-refractivity contribution is -0.146. The quantitative estimate of drug-likeness (QED) is 0.807. The van der Waals surface area contributed by atoms with Crippen molar-refractivity contribution in [2.75, 3.05) is 39.7 Å². The van der Waals surface area contributed by atoms with Crippen LogP contribution in [-0.2, 0) is 0 Å². The molecule has 0 saturated carbocycles. The Balaban J connectivity index is 1.50. The van der Waals surface area contributed by atoms with E-state index in [1.165, 1.54) is 23.5 Å². The molecule has 0 spiro atoms. The lowest BCUT2D eigenvalue weighted by Gasteiger charge is -2.37. The number of hydrogen-bond donors (Lipinski definition) is 1. The van der Waals surface area contributed by atoms with Gasteiger partial charge < -0.3 is 9.80 Å². The van der Waals surface area contributed by atoms with Crippen LogP contribution in [0.15, 0.2) is 30.7 Å². The molecule has 2 saturated heterocycles. The monoisotopic (exact) mass is 419 g/mol. The average Bonchev–Trinajstić information content (AvgIpc) is 3.37. The minimum Gasteiger partial charge on any atom is -0.366 e. The van der Waals surface area contributed by atoms with Crippen LogP contribution in [0.3, 0.4) is 0 Å². The van der Waals surface area contributed by atoms with E-state index in [4.69, 9.17) is 0 Å². The van der Waals surface area contributed by atoms with Gasteiger partial charge in [-0.1, -0.05) is 0 Å². The van der Waals surface area contributed by atoms with Crippen LogP contribution in [0.5, 0.6) is 0 Å². The number of amides is 2. The van der Waals surface area contributed by atoms with Crippen molar-refractivity contribution in [3.8, 4) is 0 Å². The maximum atomic E-state index is 13.5. The van der Waals surface area contributed by atoms with Crippen molar-refractivity contribution in [2.45, 2.75) is 37.5 Å². The Hall–Kier alpha value is -3.11. The first-order valence-corrected chi connectivity index (χ1v) is 9.87. The van der Waals surface area contributed by atoms with Crippen LogP contribution in [0.2, 0.25) is 0 Å². The van der Waals surface area contributed by atoms with Gasteiger partial charge in [0, 0.05) is 32.0 Å². The molecular weight excluding hydrogens is 399 g/mol. The number of pyridine rings is 1. The van der Waals surface area contributed by atoms with Crippen LogP contribution in [0, 0.1) is 0 Å². The Morgan fingerprint density at radius 3 is 2.80 bits per heavy atom. The van der Waals surface area contributed by atoms with E-state index in [2.05, 4.69) is 25.2 Å². The molecule has 8 nitrogen and oxygen atoms in total. The van der Waals surface area contributed by atoms with E-state index in [-0.39, 0.29) is 24.8 Å². The summed E-state index contributed by atoms with van der Waals surface area (Å²) < 4.78 is 40.4. The Kier molecular flexibility index (Phi) is 4.40. The average molecular weight is 419 g/mol. The summed E-state index contributed by atoms with van der Waals surface area (Å²) in [5.74, 6) is 0.932. The predicted molar refractivity (Wildman–Crippen MR) is 105 cm³/mol. The van der Waals surface area contributed by atoms with Gasteiger partial charge in [-0.25, -0.2) is 14.8 Å². The van der Waals surface area contributed by atoms with Gasteiger partial charge in [-0.15, -0.1) is 0 Å². The molecule has 3 aliphatic heterocycles. The molecule has 1 N–H and O–H groups in total. The van der Waals surface area contributed by atoms with E-state index in [1.807, 2.05) is 0 Å². The first-order chi connectivity index (χ1) is 14.4. The van der Waals surface area contributed by atoms with Gasteiger partial charge in [-0.3, -0.25) is 15.2 Å². The molecule has 2 bridgehead atoms. The van der Waals surface area contributed by atoms with E-state index in [1.54, 1.807) is 17.0 Å². The minimum atomic E-state index is -4.32. The van der Waals surface area contributed by atoms with Crippen LogP contribution in [0.4, 0.5) is 41.1 Å². The molecule has 2 fully saturated rings. The normalized spacial score (nSPS) is 23.0. The van der Waals surface area contributed by atoms with Crippen LogP contribution in [-0.4, -0.2) is 58.9 Å². The fraction of sp³-hybridized carbons (Fsp3) is 0.474. The number of fused-ring (bicyclic) bond motifs is 4. The summed E-state index contributed by atoms with van der Waals surface area (Å²) in [6.07, 6.45) is 1.35. The molecule has 3 aliphatic rings. The molecule has 5 rings (SSSR count). The third kappa shape index (κ3) is 3.17. The first kappa shape index (κ1) is 18.9. The van der Waals surface area contributed by atoms with Gasteiger partial charge in [0.1, 0.15) is 11.9 Å². The number of nitrogens with zero attached hydrogens (tertiary/aromatic N) is 6. The molecule has 30 heavy (non-hydrogen) atoms. The topological polar surface area (TPSA) is 77.5 Å². The van der Waals surface area contributed by atoms with Crippen LogP contribution in [0.1, 0.15) is 19.3 Å². The molecule has 0 aliphatic carbocycles. The van der Waals surface area contributed by atoms with Crippen molar-refractivity contribution in [3.63, 3.8) is 0 Å².